The van der Waals surface area contributed by atoms with Gasteiger partial charge in [-0.1, -0.05) is 65.2 Å². The third kappa shape index (κ3) is 12.3. The molecule has 12 heteroatoms. The number of esters is 2. The Hall–Kier alpha value is -1.39. The molecule has 0 heterocycles. The number of carbonyl (C=O) groups is 2. The molecule has 3 rings (SSSR count). The van der Waals surface area contributed by atoms with E-state index in [4.69, 9.17) is 37.3 Å². The molecule has 0 aromatic carbocycles. The topological polar surface area (TPSA) is 108 Å². The average molecular weight is 769 g/mol. The Labute approximate surface area is 317 Å². The van der Waals surface area contributed by atoms with Crippen molar-refractivity contribution in [3.63, 3.8) is 0 Å². The molecule has 0 radical (unpaired) electrons. The second-order valence-corrected chi connectivity index (χ2v) is 24.3. The van der Waals surface area contributed by atoms with Crippen LogP contribution in [0.5, 0.6) is 0 Å². The van der Waals surface area contributed by atoms with Crippen molar-refractivity contribution >= 4 is 28.6 Å². The highest BCUT2D eigenvalue weighted by atomic mass is 28.4. The predicted octanol–water partition coefficient (Wildman–Crippen LogP) is 8.86. The Balaban J connectivity index is 2.22. The highest BCUT2D eigenvalue weighted by molar-refractivity contribution is 6.71. The van der Waals surface area contributed by atoms with Crippen molar-refractivity contribution in [2.45, 2.75) is 167 Å². The average Bonchev–Trinajstić information content (AvgIpc) is 3.11. The third-order valence-electron chi connectivity index (χ3n) is 10.9. The van der Waals surface area contributed by atoms with E-state index in [0.29, 0.717) is 50.0 Å². The molecule has 3 aliphatic rings. The maximum atomic E-state index is 13.8. The minimum Gasteiger partial charge on any atom is -0.466 e. The van der Waals surface area contributed by atoms with E-state index < -0.39 is 52.6 Å². The molecule has 10 nitrogen and oxygen atoms in total. The van der Waals surface area contributed by atoms with E-state index in [-0.39, 0.29) is 25.8 Å². The monoisotopic (exact) mass is 768 g/mol. The van der Waals surface area contributed by atoms with E-state index in [2.05, 4.69) is 40.0 Å². The lowest BCUT2D eigenvalue weighted by molar-refractivity contribution is -0.143. The molecular weight excluding hydrogens is 697 g/mol. The van der Waals surface area contributed by atoms with E-state index in [1.54, 1.807) is 0 Å². The van der Waals surface area contributed by atoms with Crippen LogP contribution in [0.15, 0.2) is 22.3 Å². The quantitative estimate of drug-likeness (QED) is 0.0311. The van der Waals surface area contributed by atoms with Crippen molar-refractivity contribution in [2.75, 3.05) is 41.0 Å². The summed E-state index contributed by atoms with van der Waals surface area (Å²) >= 11 is 0. The van der Waals surface area contributed by atoms with Gasteiger partial charge in [0.25, 0.3) is 0 Å². The van der Waals surface area contributed by atoms with E-state index in [0.717, 1.165) is 36.1 Å². The van der Waals surface area contributed by atoms with Gasteiger partial charge in [-0.3, -0.25) is 0 Å². The van der Waals surface area contributed by atoms with Gasteiger partial charge in [0.15, 0.2) is 16.6 Å². The van der Waals surface area contributed by atoms with Gasteiger partial charge in [0, 0.05) is 25.0 Å². The van der Waals surface area contributed by atoms with Gasteiger partial charge >= 0.3 is 11.9 Å². The van der Waals surface area contributed by atoms with Gasteiger partial charge in [0.05, 0.1) is 37.6 Å². The molecule has 0 bridgehead atoms. The summed E-state index contributed by atoms with van der Waals surface area (Å²) in [5.41, 5.74) is 2.63. The van der Waals surface area contributed by atoms with Gasteiger partial charge in [-0.15, -0.1) is 0 Å². The molecule has 0 unspecified atom stereocenters. The van der Waals surface area contributed by atoms with E-state index in [1.807, 2.05) is 13.8 Å². The Kier molecular flexibility index (Phi) is 19.2. The van der Waals surface area contributed by atoms with Gasteiger partial charge < -0.3 is 37.3 Å². The van der Waals surface area contributed by atoms with Crippen LogP contribution in [0.25, 0.3) is 0 Å². The summed E-state index contributed by atoms with van der Waals surface area (Å²) in [5, 5.41) is 0. The van der Waals surface area contributed by atoms with Crippen LogP contribution in [0.1, 0.15) is 105 Å². The number of methoxy groups -OCH3 is 2. The molecule has 0 aromatic heterocycles. The van der Waals surface area contributed by atoms with Crippen LogP contribution in [0.2, 0.25) is 38.3 Å². The van der Waals surface area contributed by atoms with Crippen LogP contribution in [0.4, 0.5) is 0 Å². The first-order valence-corrected chi connectivity index (χ1v) is 26.5. The van der Waals surface area contributed by atoms with Gasteiger partial charge in [-0.2, -0.15) is 0 Å². The molecular formula is C40H72O10Si2. The number of rotatable bonds is 24. The van der Waals surface area contributed by atoms with E-state index >= 15 is 0 Å². The molecule has 0 aliphatic heterocycles. The van der Waals surface area contributed by atoms with Crippen molar-refractivity contribution in [1.82, 2.24) is 0 Å². The van der Waals surface area contributed by atoms with Crippen molar-refractivity contribution < 1.29 is 46.9 Å². The number of hydrogen-bond acceptors (Lipinski definition) is 10. The summed E-state index contributed by atoms with van der Waals surface area (Å²) in [6.45, 7) is 18.7. The minimum absolute atomic E-state index is 0.0803. The summed E-state index contributed by atoms with van der Waals surface area (Å²) in [4.78, 5) is 27.6. The number of carbonyl (C=O) groups excluding carboxylic acids is 2. The molecule has 52 heavy (non-hydrogen) atoms. The van der Waals surface area contributed by atoms with Crippen molar-refractivity contribution in [3.8, 4) is 0 Å². The summed E-state index contributed by atoms with van der Waals surface area (Å²) in [6, 6.07) is 2.13. The molecule has 6 atom stereocenters. The van der Waals surface area contributed by atoms with Crippen LogP contribution < -0.4 is 0 Å². The van der Waals surface area contributed by atoms with E-state index in [9.17, 15) is 9.59 Å². The van der Waals surface area contributed by atoms with Crippen LogP contribution in [-0.2, 0) is 46.9 Å². The van der Waals surface area contributed by atoms with Gasteiger partial charge in [-0.25, -0.2) is 9.59 Å². The third-order valence-corrected chi connectivity index (χ3v) is 15.9. The molecule has 300 valence electrons. The standard InChI is InChI=1S/C40H72O10Si2/c1-11-15-17-19-25-51(7,8)49-31-23-21-29-33(37(31)47-27-45-13-3)34-30(36(40(42)44-6)35(29)39(41)43-5)22-24-32(38(34)48-28-46-14-4)50-52(9,10)26-20-18-16-12-2/h29-32,37-38H,11-28H2,1-10H3/t29-,30+,31-,32-,37-,38-/m0/s1. The molecule has 0 aromatic rings. The SMILES string of the molecule is CCCCCC[Si](C)(C)O[C@H]1CC[C@@H]2C(C(=O)OC)=C(C(=O)OC)[C@@H]3CC[C@H](O[Si](C)(C)CCCCCC)[C@H](OCOCC)C3=C2[C@H]1OCOCC. The number of fused-ring (bicyclic) bond motifs is 2. The van der Waals surface area contributed by atoms with Crippen LogP contribution in [-0.4, -0.2) is 94.0 Å². The Morgan fingerprint density at radius 3 is 1.29 bits per heavy atom. The lowest BCUT2D eigenvalue weighted by atomic mass is 9.61. The van der Waals surface area contributed by atoms with Gasteiger partial charge in [0.1, 0.15) is 25.8 Å². The van der Waals surface area contributed by atoms with Crippen molar-refractivity contribution in [1.29, 1.82) is 0 Å². The molecule has 2 fully saturated rings. The van der Waals surface area contributed by atoms with Crippen molar-refractivity contribution in [3.05, 3.63) is 22.3 Å². The summed E-state index contributed by atoms with van der Waals surface area (Å²) in [7, 11) is -1.47. The molecule has 2 saturated carbocycles. The maximum absolute atomic E-state index is 13.8. The second-order valence-electron chi connectivity index (χ2n) is 15.8. The predicted molar refractivity (Wildman–Crippen MR) is 209 cm³/mol. The van der Waals surface area contributed by atoms with Crippen LogP contribution >= 0.6 is 0 Å². The second kappa shape index (κ2) is 22.2. The molecule has 0 N–H and O–H groups in total. The summed E-state index contributed by atoms with van der Waals surface area (Å²) < 4.78 is 50.2. The van der Waals surface area contributed by atoms with Crippen LogP contribution in [0, 0.1) is 11.8 Å². The highest BCUT2D eigenvalue weighted by Crippen LogP contribution is 2.53. The lowest BCUT2D eigenvalue weighted by Crippen LogP contribution is -2.54. The molecule has 0 saturated heterocycles. The first-order chi connectivity index (χ1) is 24.9. The zero-order valence-electron chi connectivity index (χ0n) is 34.3. The van der Waals surface area contributed by atoms with Crippen LogP contribution in [0.3, 0.4) is 0 Å². The van der Waals surface area contributed by atoms with Crippen molar-refractivity contribution in [2.24, 2.45) is 11.8 Å². The minimum atomic E-state index is -2.11. The zero-order valence-corrected chi connectivity index (χ0v) is 36.3. The number of ether oxygens (including phenoxy) is 6. The fourth-order valence-electron chi connectivity index (χ4n) is 8.44. The first kappa shape index (κ1) is 45.0. The summed E-state index contributed by atoms with van der Waals surface area (Å²) in [6.07, 6.45) is 10.5. The van der Waals surface area contributed by atoms with E-state index in [1.165, 1.54) is 52.7 Å². The lowest BCUT2D eigenvalue weighted by Gasteiger charge is -2.50. The van der Waals surface area contributed by atoms with Gasteiger partial charge in [-0.05, 0) is 89.0 Å². The molecule has 0 amide bonds. The Morgan fingerprint density at radius 2 is 0.962 bits per heavy atom. The number of hydrogen-bond donors (Lipinski definition) is 0. The van der Waals surface area contributed by atoms with Gasteiger partial charge in [0.2, 0.25) is 0 Å². The fourth-order valence-corrected chi connectivity index (χ4v) is 13.0. The first-order valence-electron chi connectivity index (χ1n) is 20.3. The zero-order chi connectivity index (χ0) is 38.3. The Morgan fingerprint density at radius 1 is 0.577 bits per heavy atom. The highest BCUT2D eigenvalue weighted by Gasteiger charge is 2.54. The summed E-state index contributed by atoms with van der Waals surface area (Å²) in [5.74, 6) is -1.91. The normalized spacial score (nSPS) is 25.2. The Bertz CT molecular complexity index is 1100. The molecule has 3 aliphatic carbocycles. The molecule has 0 spiro atoms. The number of unbranched alkanes of at least 4 members (excludes halogenated alkanes) is 6. The fraction of sp³-hybridized carbons (Fsp3) is 0.850. The largest absolute Gasteiger partial charge is 0.466 e. The maximum Gasteiger partial charge on any atom is 0.334 e. The smallest absolute Gasteiger partial charge is 0.334 e.